The van der Waals surface area contributed by atoms with Crippen LogP contribution in [0.1, 0.15) is 65.4 Å². The van der Waals surface area contributed by atoms with Gasteiger partial charge in [0.2, 0.25) is 21.8 Å². The van der Waals surface area contributed by atoms with Crippen LogP contribution in [0.5, 0.6) is 0 Å². The summed E-state index contributed by atoms with van der Waals surface area (Å²) >= 11 is 0. The maximum absolute atomic E-state index is 13.5. The molecule has 0 aromatic heterocycles. The Labute approximate surface area is 200 Å². The lowest BCUT2D eigenvalue weighted by molar-refractivity contribution is -0.137. The number of amides is 2. The Bertz CT molecular complexity index is 850. The van der Waals surface area contributed by atoms with E-state index in [9.17, 15) is 18.0 Å². The summed E-state index contributed by atoms with van der Waals surface area (Å²) in [4.78, 5) is 29.6. The van der Waals surface area contributed by atoms with Crippen LogP contribution in [0.3, 0.4) is 0 Å². The van der Waals surface area contributed by atoms with Gasteiger partial charge < -0.3 is 9.80 Å². The normalized spacial score (nSPS) is 15.3. The number of nitrogens with zero attached hydrogens (tertiary/aromatic N) is 3. The fourth-order valence-corrected chi connectivity index (χ4v) is 5.92. The van der Waals surface area contributed by atoms with Crippen molar-refractivity contribution in [1.82, 2.24) is 14.1 Å². The second-order valence-electron chi connectivity index (χ2n) is 9.37. The van der Waals surface area contributed by atoms with Crippen LogP contribution in [0.4, 0.5) is 0 Å². The van der Waals surface area contributed by atoms with E-state index >= 15 is 0 Å². The summed E-state index contributed by atoms with van der Waals surface area (Å²) in [6.45, 7) is 9.66. The van der Waals surface area contributed by atoms with Gasteiger partial charge in [0.25, 0.3) is 0 Å². The average molecular weight is 480 g/mol. The molecule has 0 unspecified atom stereocenters. The molecule has 2 rings (SSSR count). The minimum Gasteiger partial charge on any atom is -0.343 e. The van der Waals surface area contributed by atoms with Gasteiger partial charge in [-0.1, -0.05) is 58.0 Å². The summed E-state index contributed by atoms with van der Waals surface area (Å²) < 4.78 is 27.1. The van der Waals surface area contributed by atoms with E-state index in [2.05, 4.69) is 0 Å². The molecule has 0 N–H and O–H groups in total. The fraction of sp³-hybridized carbons (Fsp3) is 0.680. The zero-order valence-corrected chi connectivity index (χ0v) is 21.5. The lowest BCUT2D eigenvalue weighted by atomic mass is 10.0. The van der Waals surface area contributed by atoms with Crippen molar-refractivity contribution in [3.63, 3.8) is 0 Å². The van der Waals surface area contributed by atoms with Crippen LogP contribution in [0.25, 0.3) is 0 Å². The third-order valence-corrected chi connectivity index (χ3v) is 7.96. The van der Waals surface area contributed by atoms with Crippen molar-refractivity contribution in [3.05, 3.63) is 35.9 Å². The van der Waals surface area contributed by atoms with Crippen molar-refractivity contribution >= 4 is 21.8 Å². The zero-order valence-electron chi connectivity index (χ0n) is 20.7. The van der Waals surface area contributed by atoms with E-state index in [1.54, 1.807) is 0 Å². The first-order valence-corrected chi connectivity index (χ1v) is 13.9. The molecule has 0 radical (unpaired) electrons. The predicted octanol–water partition coefficient (Wildman–Crippen LogP) is 3.50. The van der Waals surface area contributed by atoms with E-state index in [-0.39, 0.29) is 36.1 Å². The van der Waals surface area contributed by atoms with Gasteiger partial charge in [-0.05, 0) is 37.2 Å². The number of piperidine rings is 1. The number of carbonyl (C=O) groups is 2. The summed E-state index contributed by atoms with van der Waals surface area (Å²) in [6, 6.07) is 9.79. The van der Waals surface area contributed by atoms with Crippen LogP contribution >= 0.6 is 0 Å². The second-order valence-corrected chi connectivity index (χ2v) is 11.5. The number of hydrogen-bond acceptors (Lipinski definition) is 4. The standard InChI is InChI=1S/C25H41N3O4S/c1-5-10-24(29)26-15-13-23(14-16-26)28(19-22-11-8-7-9-12-22)25(30)20-27(18-21(3)4)33(31,32)17-6-2/h7-9,11-12,21,23H,5-6,10,13-20H2,1-4H3. The zero-order chi connectivity index (χ0) is 24.4. The molecule has 2 amide bonds. The van der Waals surface area contributed by atoms with Crippen LogP contribution < -0.4 is 0 Å². The molecule has 0 saturated carbocycles. The monoisotopic (exact) mass is 479 g/mol. The van der Waals surface area contributed by atoms with Crippen LogP contribution in [-0.2, 0) is 26.2 Å². The molecule has 0 spiro atoms. The van der Waals surface area contributed by atoms with Gasteiger partial charge in [-0.25, -0.2) is 8.42 Å². The van der Waals surface area contributed by atoms with Crippen molar-refractivity contribution in [2.24, 2.45) is 5.92 Å². The first kappa shape index (κ1) is 27.3. The highest BCUT2D eigenvalue weighted by molar-refractivity contribution is 7.89. The number of sulfonamides is 1. The molecule has 0 bridgehead atoms. The second kappa shape index (κ2) is 13.1. The molecule has 186 valence electrons. The largest absolute Gasteiger partial charge is 0.343 e. The molecular formula is C25H41N3O4S. The molecule has 1 aromatic rings. The molecule has 1 saturated heterocycles. The number of rotatable bonds is 12. The van der Waals surface area contributed by atoms with E-state index in [0.717, 1.165) is 12.0 Å². The molecule has 1 heterocycles. The first-order chi connectivity index (χ1) is 15.7. The van der Waals surface area contributed by atoms with Crippen LogP contribution in [-0.4, -0.2) is 72.3 Å². The Kier molecular flexibility index (Phi) is 10.8. The van der Waals surface area contributed by atoms with Crippen molar-refractivity contribution < 1.29 is 18.0 Å². The predicted molar refractivity (Wildman–Crippen MR) is 132 cm³/mol. The average Bonchev–Trinajstić information content (AvgIpc) is 2.77. The highest BCUT2D eigenvalue weighted by Gasteiger charge is 2.32. The highest BCUT2D eigenvalue weighted by atomic mass is 32.2. The Balaban J connectivity index is 2.20. The number of carbonyl (C=O) groups excluding carboxylic acids is 2. The quantitative estimate of drug-likeness (QED) is 0.460. The minimum absolute atomic E-state index is 0.0156. The van der Waals surface area contributed by atoms with E-state index in [0.29, 0.717) is 51.9 Å². The maximum atomic E-state index is 13.5. The van der Waals surface area contributed by atoms with Gasteiger partial charge in [-0.3, -0.25) is 9.59 Å². The molecule has 1 aliphatic rings. The summed E-state index contributed by atoms with van der Waals surface area (Å²) in [7, 11) is -3.49. The smallest absolute Gasteiger partial charge is 0.238 e. The summed E-state index contributed by atoms with van der Waals surface area (Å²) in [5.74, 6) is 0.173. The molecule has 0 aliphatic carbocycles. The Morgan fingerprint density at radius 2 is 1.70 bits per heavy atom. The van der Waals surface area contributed by atoms with E-state index in [1.807, 2.05) is 67.8 Å². The summed E-state index contributed by atoms with van der Waals surface area (Å²) in [5.41, 5.74) is 1.02. The van der Waals surface area contributed by atoms with Gasteiger partial charge in [0, 0.05) is 38.6 Å². The SMILES string of the molecule is CCCC(=O)N1CCC(N(Cc2ccccc2)C(=O)CN(CC(C)C)S(=O)(=O)CCC)CC1. The lowest BCUT2D eigenvalue weighted by Gasteiger charge is -2.39. The molecule has 1 fully saturated rings. The van der Waals surface area contributed by atoms with E-state index in [4.69, 9.17) is 0 Å². The molecule has 8 heteroatoms. The molecule has 7 nitrogen and oxygen atoms in total. The van der Waals surface area contributed by atoms with E-state index in [1.165, 1.54) is 4.31 Å². The number of likely N-dealkylation sites (tertiary alicyclic amines) is 1. The van der Waals surface area contributed by atoms with Gasteiger partial charge in [-0.2, -0.15) is 4.31 Å². The highest BCUT2D eigenvalue weighted by Crippen LogP contribution is 2.21. The molecule has 0 atom stereocenters. The molecule has 33 heavy (non-hydrogen) atoms. The Morgan fingerprint density at radius 3 is 2.24 bits per heavy atom. The number of hydrogen-bond donors (Lipinski definition) is 0. The van der Waals surface area contributed by atoms with Crippen molar-refractivity contribution in [1.29, 1.82) is 0 Å². The Hall–Kier alpha value is -1.93. The topological polar surface area (TPSA) is 78.0 Å². The molecule has 1 aromatic carbocycles. The van der Waals surface area contributed by atoms with Crippen molar-refractivity contribution in [2.45, 2.75) is 72.4 Å². The van der Waals surface area contributed by atoms with Gasteiger partial charge in [-0.15, -0.1) is 0 Å². The van der Waals surface area contributed by atoms with Gasteiger partial charge in [0.15, 0.2) is 0 Å². The van der Waals surface area contributed by atoms with Gasteiger partial charge in [0.05, 0.1) is 12.3 Å². The van der Waals surface area contributed by atoms with Crippen molar-refractivity contribution in [3.8, 4) is 0 Å². The van der Waals surface area contributed by atoms with Crippen LogP contribution in [0.15, 0.2) is 30.3 Å². The summed E-state index contributed by atoms with van der Waals surface area (Å²) in [5, 5.41) is 0. The maximum Gasteiger partial charge on any atom is 0.238 e. The number of benzene rings is 1. The van der Waals surface area contributed by atoms with Gasteiger partial charge in [0.1, 0.15) is 0 Å². The fourth-order valence-electron chi connectivity index (χ4n) is 4.31. The van der Waals surface area contributed by atoms with Crippen LogP contribution in [0, 0.1) is 5.92 Å². The third-order valence-electron chi connectivity index (χ3n) is 5.97. The minimum atomic E-state index is -3.49. The van der Waals surface area contributed by atoms with Crippen LogP contribution in [0.2, 0.25) is 0 Å². The first-order valence-electron chi connectivity index (χ1n) is 12.3. The lowest BCUT2D eigenvalue weighted by Crippen LogP contribution is -2.51. The van der Waals surface area contributed by atoms with Gasteiger partial charge >= 0.3 is 0 Å². The summed E-state index contributed by atoms with van der Waals surface area (Å²) in [6.07, 6.45) is 3.31. The van der Waals surface area contributed by atoms with E-state index < -0.39 is 10.0 Å². The third kappa shape index (κ3) is 8.41. The molecular weight excluding hydrogens is 438 g/mol. The van der Waals surface area contributed by atoms with Crippen molar-refractivity contribution in [2.75, 3.05) is 31.9 Å². The Morgan fingerprint density at radius 1 is 1.06 bits per heavy atom. The molecule has 1 aliphatic heterocycles.